The van der Waals surface area contributed by atoms with E-state index in [1.165, 1.54) is 5.69 Å². The van der Waals surface area contributed by atoms with Crippen LogP contribution in [0, 0.1) is 0 Å². The van der Waals surface area contributed by atoms with Crippen LogP contribution < -0.4 is 10.2 Å². The highest BCUT2D eigenvalue weighted by Gasteiger charge is 2.20. The number of ether oxygens (including phenoxy) is 1. The van der Waals surface area contributed by atoms with Crippen molar-refractivity contribution < 1.29 is 9.53 Å². The Morgan fingerprint density at radius 3 is 2.65 bits per heavy atom. The van der Waals surface area contributed by atoms with Gasteiger partial charge in [0.15, 0.2) is 0 Å². The van der Waals surface area contributed by atoms with Crippen LogP contribution in [0.3, 0.4) is 0 Å². The summed E-state index contributed by atoms with van der Waals surface area (Å²) in [6.07, 6.45) is 3.59. The van der Waals surface area contributed by atoms with E-state index in [-0.39, 0.29) is 11.9 Å². The Morgan fingerprint density at radius 1 is 1.22 bits per heavy atom. The van der Waals surface area contributed by atoms with Crippen molar-refractivity contribution >= 4 is 17.7 Å². The van der Waals surface area contributed by atoms with Crippen molar-refractivity contribution in [1.29, 1.82) is 0 Å². The molecule has 2 aliphatic rings. The van der Waals surface area contributed by atoms with Gasteiger partial charge in [0.05, 0.1) is 13.2 Å². The fourth-order valence-electron chi connectivity index (χ4n) is 3.05. The maximum absolute atomic E-state index is 12.3. The van der Waals surface area contributed by atoms with Crippen LogP contribution in [0.25, 0.3) is 6.08 Å². The van der Waals surface area contributed by atoms with Crippen molar-refractivity contribution in [1.82, 2.24) is 10.2 Å². The Kier molecular flexibility index (Phi) is 5.31. The smallest absolute Gasteiger partial charge is 0.246 e. The normalized spacial score (nSPS) is 22.6. The zero-order valence-electron chi connectivity index (χ0n) is 13.7. The van der Waals surface area contributed by atoms with Crippen LogP contribution in [0.1, 0.15) is 12.5 Å². The average Bonchev–Trinajstić information content (AvgIpc) is 2.61. The van der Waals surface area contributed by atoms with Crippen LogP contribution in [0.4, 0.5) is 5.69 Å². The number of nitrogens with zero attached hydrogens (tertiary/aromatic N) is 2. The minimum Gasteiger partial charge on any atom is -0.378 e. The molecule has 0 saturated carbocycles. The molecule has 23 heavy (non-hydrogen) atoms. The highest BCUT2D eigenvalue weighted by molar-refractivity contribution is 5.92. The van der Waals surface area contributed by atoms with Gasteiger partial charge in [-0.25, -0.2) is 0 Å². The quantitative estimate of drug-likeness (QED) is 0.856. The second-order valence-corrected chi connectivity index (χ2v) is 6.11. The number of piperazine rings is 1. The Bertz CT molecular complexity index is 550. The molecule has 0 spiro atoms. The molecule has 1 aromatic carbocycles. The molecule has 0 bridgehead atoms. The Hall–Kier alpha value is -1.85. The lowest BCUT2D eigenvalue weighted by Crippen LogP contribution is -2.51. The van der Waals surface area contributed by atoms with E-state index in [2.05, 4.69) is 41.4 Å². The first-order valence-electron chi connectivity index (χ1n) is 8.36. The predicted molar refractivity (Wildman–Crippen MR) is 92.6 cm³/mol. The van der Waals surface area contributed by atoms with Gasteiger partial charge in [0, 0.05) is 50.5 Å². The van der Waals surface area contributed by atoms with E-state index in [0.29, 0.717) is 0 Å². The number of hydrogen-bond donors (Lipinski definition) is 1. The van der Waals surface area contributed by atoms with Gasteiger partial charge in [-0.1, -0.05) is 12.1 Å². The van der Waals surface area contributed by atoms with Crippen LogP contribution in [0.15, 0.2) is 30.3 Å². The topological polar surface area (TPSA) is 44.8 Å². The summed E-state index contributed by atoms with van der Waals surface area (Å²) in [5.41, 5.74) is 2.27. The molecule has 0 radical (unpaired) electrons. The number of nitrogens with one attached hydrogen (secondary N) is 1. The summed E-state index contributed by atoms with van der Waals surface area (Å²) in [5.74, 6) is 0.0938. The molecular formula is C18H25N3O2. The third-order valence-corrected chi connectivity index (χ3v) is 4.47. The lowest BCUT2D eigenvalue weighted by Gasteiger charge is -2.33. The van der Waals surface area contributed by atoms with Gasteiger partial charge in [-0.05, 0) is 30.7 Å². The summed E-state index contributed by atoms with van der Waals surface area (Å²) in [7, 11) is 0. The number of carbonyl (C=O) groups excluding carboxylic acids is 1. The number of anilines is 1. The SMILES string of the molecule is CC1CNCCN1C(=O)/C=C/c1ccc(N2CCOCC2)cc1. The van der Waals surface area contributed by atoms with E-state index in [0.717, 1.165) is 51.5 Å². The number of rotatable bonds is 3. The highest BCUT2D eigenvalue weighted by atomic mass is 16.5. The molecule has 5 heteroatoms. The molecule has 1 N–H and O–H groups in total. The molecule has 2 heterocycles. The number of hydrogen-bond acceptors (Lipinski definition) is 4. The van der Waals surface area contributed by atoms with Gasteiger partial charge in [-0.15, -0.1) is 0 Å². The van der Waals surface area contributed by atoms with E-state index in [4.69, 9.17) is 4.74 Å². The van der Waals surface area contributed by atoms with Gasteiger partial charge in [0.25, 0.3) is 0 Å². The van der Waals surface area contributed by atoms with Crippen molar-refractivity contribution in [2.24, 2.45) is 0 Å². The van der Waals surface area contributed by atoms with Gasteiger partial charge in [-0.2, -0.15) is 0 Å². The predicted octanol–water partition coefficient (Wildman–Crippen LogP) is 1.36. The lowest BCUT2D eigenvalue weighted by molar-refractivity contribution is -0.128. The van der Waals surface area contributed by atoms with Crippen LogP contribution in [-0.2, 0) is 9.53 Å². The van der Waals surface area contributed by atoms with Gasteiger partial charge in [0.1, 0.15) is 0 Å². The molecule has 124 valence electrons. The molecule has 2 aliphatic heterocycles. The first-order valence-corrected chi connectivity index (χ1v) is 8.36. The summed E-state index contributed by atoms with van der Waals surface area (Å²) in [6.45, 7) is 8.06. The lowest BCUT2D eigenvalue weighted by atomic mass is 10.1. The fraction of sp³-hybridized carbons (Fsp3) is 0.500. The summed E-state index contributed by atoms with van der Waals surface area (Å²) < 4.78 is 5.38. The van der Waals surface area contributed by atoms with Crippen LogP contribution in [0.2, 0.25) is 0 Å². The van der Waals surface area contributed by atoms with Crippen molar-refractivity contribution in [2.75, 3.05) is 50.8 Å². The van der Waals surface area contributed by atoms with Crippen LogP contribution >= 0.6 is 0 Å². The number of benzene rings is 1. The Morgan fingerprint density at radius 2 is 1.96 bits per heavy atom. The molecule has 2 fully saturated rings. The summed E-state index contributed by atoms with van der Waals surface area (Å²) in [5, 5.41) is 3.30. The third-order valence-electron chi connectivity index (χ3n) is 4.47. The summed E-state index contributed by atoms with van der Waals surface area (Å²) in [4.78, 5) is 16.5. The zero-order valence-corrected chi connectivity index (χ0v) is 13.7. The summed E-state index contributed by atoms with van der Waals surface area (Å²) in [6, 6.07) is 8.61. The molecular weight excluding hydrogens is 290 g/mol. The monoisotopic (exact) mass is 315 g/mol. The fourth-order valence-corrected chi connectivity index (χ4v) is 3.05. The second-order valence-electron chi connectivity index (χ2n) is 6.11. The Labute approximate surface area is 137 Å². The van der Waals surface area contributed by atoms with Crippen LogP contribution in [0.5, 0.6) is 0 Å². The Balaban J connectivity index is 1.59. The minimum absolute atomic E-state index is 0.0938. The maximum Gasteiger partial charge on any atom is 0.246 e. The second kappa shape index (κ2) is 7.62. The van der Waals surface area contributed by atoms with E-state index < -0.39 is 0 Å². The zero-order chi connectivity index (χ0) is 16.1. The van der Waals surface area contributed by atoms with Gasteiger partial charge in [-0.3, -0.25) is 4.79 Å². The third kappa shape index (κ3) is 4.12. The maximum atomic E-state index is 12.3. The van der Waals surface area contributed by atoms with Gasteiger partial charge < -0.3 is 19.9 Å². The molecule has 1 amide bonds. The van der Waals surface area contributed by atoms with Crippen molar-refractivity contribution in [3.8, 4) is 0 Å². The van der Waals surface area contributed by atoms with Crippen molar-refractivity contribution in [2.45, 2.75) is 13.0 Å². The number of amides is 1. The van der Waals surface area contributed by atoms with Crippen molar-refractivity contribution in [3.05, 3.63) is 35.9 Å². The molecule has 5 nitrogen and oxygen atoms in total. The van der Waals surface area contributed by atoms with E-state index in [1.54, 1.807) is 6.08 Å². The first kappa shape index (κ1) is 16.0. The minimum atomic E-state index is 0.0938. The molecule has 1 atom stereocenters. The van der Waals surface area contributed by atoms with E-state index >= 15 is 0 Å². The van der Waals surface area contributed by atoms with E-state index in [9.17, 15) is 4.79 Å². The number of morpholine rings is 1. The molecule has 0 aromatic heterocycles. The summed E-state index contributed by atoms with van der Waals surface area (Å²) >= 11 is 0. The van der Waals surface area contributed by atoms with Gasteiger partial charge >= 0.3 is 0 Å². The molecule has 1 aromatic rings. The average molecular weight is 315 g/mol. The molecule has 0 aliphatic carbocycles. The van der Waals surface area contributed by atoms with E-state index in [1.807, 2.05) is 11.0 Å². The molecule has 2 saturated heterocycles. The first-order chi connectivity index (χ1) is 11.2. The van der Waals surface area contributed by atoms with Gasteiger partial charge in [0.2, 0.25) is 5.91 Å². The standard InChI is InChI=1S/C18H25N3O2/c1-15-14-19-8-9-21(15)18(22)7-4-16-2-5-17(6-3-16)20-10-12-23-13-11-20/h2-7,15,19H,8-14H2,1H3/b7-4+. The molecule has 1 unspecified atom stereocenters. The van der Waals surface area contributed by atoms with Crippen LogP contribution in [-0.4, -0.2) is 62.8 Å². The highest BCUT2D eigenvalue weighted by Crippen LogP contribution is 2.17. The molecule has 3 rings (SSSR count). The largest absolute Gasteiger partial charge is 0.378 e. The number of carbonyl (C=O) groups is 1. The van der Waals surface area contributed by atoms with Crippen molar-refractivity contribution in [3.63, 3.8) is 0 Å².